The maximum absolute atomic E-state index is 14.4. The third-order valence-electron chi connectivity index (χ3n) is 9.30. The van der Waals surface area contributed by atoms with Crippen molar-refractivity contribution in [3.63, 3.8) is 0 Å². The van der Waals surface area contributed by atoms with Crippen LogP contribution in [0.5, 0.6) is 6.01 Å². The van der Waals surface area contributed by atoms with E-state index in [1.165, 1.54) is 0 Å². The molecule has 47 heavy (non-hydrogen) atoms. The summed E-state index contributed by atoms with van der Waals surface area (Å²) in [5, 5.41) is 2.04. The number of aryl methyl sites for hydroxylation is 2. The van der Waals surface area contributed by atoms with Crippen LogP contribution in [-0.2, 0) is 11.3 Å². The summed E-state index contributed by atoms with van der Waals surface area (Å²) in [6.07, 6.45) is 1.80. The van der Waals surface area contributed by atoms with Crippen molar-refractivity contribution in [3.8, 4) is 11.7 Å². The van der Waals surface area contributed by atoms with Gasteiger partial charge in [0.15, 0.2) is 11.3 Å². The summed E-state index contributed by atoms with van der Waals surface area (Å²) in [4.78, 5) is 47.8. The van der Waals surface area contributed by atoms with Crippen molar-refractivity contribution < 1.29 is 14.3 Å². The minimum atomic E-state index is -0.354. The van der Waals surface area contributed by atoms with Crippen molar-refractivity contribution >= 4 is 33.7 Å². The molecule has 2 fully saturated rings. The van der Waals surface area contributed by atoms with Gasteiger partial charge in [-0.3, -0.25) is 9.36 Å². The van der Waals surface area contributed by atoms with Gasteiger partial charge < -0.3 is 24.2 Å². The van der Waals surface area contributed by atoms with E-state index in [0.29, 0.717) is 49.9 Å². The van der Waals surface area contributed by atoms with Crippen LogP contribution in [-0.4, -0.2) is 87.8 Å². The molecular formula is C36H39N7O4. The number of piperazine rings is 1. The molecule has 2 aliphatic heterocycles. The number of likely N-dealkylation sites (tertiary alicyclic amines) is 1. The number of aromatic nitrogens is 4. The number of carbonyl (C=O) groups excluding carboxylic acids is 1. The Labute approximate surface area is 273 Å². The lowest BCUT2D eigenvalue weighted by atomic mass is 10.0. The van der Waals surface area contributed by atoms with Gasteiger partial charge >= 0.3 is 12.1 Å². The lowest BCUT2D eigenvalue weighted by Gasteiger charge is -2.35. The number of likely N-dealkylation sites (N-methyl/N-ethyl adjacent to an activating group) is 1. The molecule has 2 aliphatic rings. The van der Waals surface area contributed by atoms with Gasteiger partial charge in [0.25, 0.3) is 5.56 Å². The van der Waals surface area contributed by atoms with Gasteiger partial charge in [-0.15, -0.1) is 0 Å². The van der Waals surface area contributed by atoms with Crippen LogP contribution in [0.25, 0.3) is 27.5 Å². The number of carbonyl (C=O) groups is 1. The molecular weight excluding hydrogens is 594 g/mol. The Hall–Kier alpha value is -5.03. The number of hydrogen-bond donors (Lipinski definition) is 0. The molecule has 0 aliphatic carbocycles. The highest BCUT2D eigenvalue weighted by atomic mass is 16.6. The van der Waals surface area contributed by atoms with E-state index in [9.17, 15) is 9.59 Å². The molecule has 1 amide bonds. The molecule has 0 unspecified atom stereocenters. The van der Waals surface area contributed by atoms with E-state index in [1.54, 1.807) is 9.47 Å². The fraction of sp³-hybridized carbons (Fsp3) is 0.361. The first-order valence-electron chi connectivity index (χ1n) is 16.2. The fourth-order valence-corrected chi connectivity index (χ4v) is 6.67. The highest BCUT2D eigenvalue weighted by Crippen LogP contribution is 2.29. The molecule has 1 atom stereocenters. The van der Waals surface area contributed by atoms with Crippen molar-refractivity contribution in [3.05, 3.63) is 94.0 Å². The van der Waals surface area contributed by atoms with Gasteiger partial charge in [-0.25, -0.2) is 9.78 Å². The first kappa shape index (κ1) is 30.6. The monoisotopic (exact) mass is 633 g/mol. The molecule has 2 saturated heterocycles. The number of benzene rings is 3. The van der Waals surface area contributed by atoms with Gasteiger partial charge in [-0.2, -0.15) is 9.97 Å². The van der Waals surface area contributed by atoms with Gasteiger partial charge in [-0.1, -0.05) is 60.7 Å². The average Bonchev–Trinajstić information content (AvgIpc) is 3.51. The molecule has 0 radical (unpaired) electrons. The Morgan fingerprint density at radius 2 is 1.64 bits per heavy atom. The number of anilines is 1. The zero-order valence-electron chi connectivity index (χ0n) is 27.1. The number of amides is 1. The molecule has 7 rings (SSSR count). The summed E-state index contributed by atoms with van der Waals surface area (Å²) in [6.45, 7) is 7.41. The standard InChI is InChI=1S/C36H39N7O4/c1-24-10-7-13-27-14-8-16-29(30(24)27)43-25(2)37-31-32(34(43)44)38-35(46-23-28-15-9-17-40(28)3)39-33(31)41-18-20-42(21-19-41)36(45)47-22-26-11-5-4-6-12-26/h4-8,10-14,16,28H,9,15,17-23H2,1-3H3/t28-/m0/s1. The smallest absolute Gasteiger partial charge is 0.410 e. The summed E-state index contributed by atoms with van der Waals surface area (Å²) in [5.41, 5.74) is 3.11. The highest BCUT2D eigenvalue weighted by molar-refractivity contribution is 5.94. The largest absolute Gasteiger partial charge is 0.462 e. The van der Waals surface area contributed by atoms with E-state index >= 15 is 0 Å². The van der Waals surface area contributed by atoms with E-state index in [-0.39, 0.29) is 35.8 Å². The number of rotatable bonds is 7. The predicted molar refractivity (Wildman–Crippen MR) is 181 cm³/mol. The van der Waals surface area contributed by atoms with Crippen LogP contribution in [0.3, 0.4) is 0 Å². The zero-order chi connectivity index (χ0) is 32.5. The molecule has 0 bridgehead atoms. The fourth-order valence-electron chi connectivity index (χ4n) is 6.67. The normalized spacial score (nSPS) is 17.0. The lowest BCUT2D eigenvalue weighted by molar-refractivity contribution is 0.0941. The maximum Gasteiger partial charge on any atom is 0.410 e. The summed E-state index contributed by atoms with van der Waals surface area (Å²) in [7, 11) is 2.09. The van der Waals surface area contributed by atoms with Crippen molar-refractivity contribution in [1.29, 1.82) is 0 Å². The summed E-state index contributed by atoms with van der Waals surface area (Å²) < 4.78 is 13.4. The number of nitrogens with zero attached hydrogens (tertiary/aromatic N) is 7. The van der Waals surface area contributed by atoms with Crippen LogP contribution in [0.2, 0.25) is 0 Å². The second kappa shape index (κ2) is 13.0. The predicted octanol–water partition coefficient (Wildman–Crippen LogP) is 4.88. The average molecular weight is 634 g/mol. The van der Waals surface area contributed by atoms with Gasteiger partial charge in [0.1, 0.15) is 24.6 Å². The van der Waals surface area contributed by atoms with Crippen molar-refractivity contribution in [2.24, 2.45) is 0 Å². The summed E-state index contributed by atoms with van der Waals surface area (Å²) >= 11 is 0. The van der Waals surface area contributed by atoms with E-state index in [4.69, 9.17) is 19.4 Å². The minimum absolute atomic E-state index is 0.154. The highest BCUT2D eigenvalue weighted by Gasteiger charge is 2.28. The van der Waals surface area contributed by atoms with Crippen molar-refractivity contribution in [2.75, 3.05) is 51.3 Å². The third kappa shape index (κ3) is 6.10. The second-order valence-corrected chi connectivity index (χ2v) is 12.4. The lowest BCUT2D eigenvalue weighted by Crippen LogP contribution is -2.49. The van der Waals surface area contributed by atoms with Crippen molar-refractivity contribution in [2.45, 2.75) is 39.3 Å². The Kier molecular flexibility index (Phi) is 8.46. The van der Waals surface area contributed by atoms with Crippen molar-refractivity contribution in [1.82, 2.24) is 29.3 Å². The van der Waals surface area contributed by atoms with Crippen LogP contribution in [0.1, 0.15) is 29.8 Å². The van der Waals surface area contributed by atoms with Crippen LogP contribution in [0.15, 0.2) is 71.5 Å². The Morgan fingerprint density at radius 1 is 0.872 bits per heavy atom. The first-order valence-corrected chi connectivity index (χ1v) is 16.2. The zero-order valence-corrected chi connectivity index (χ0v) is 27.1. The molecule has 0 spiro atoms. The third-order valence-corrected chi connectivity index (χ3v) is 9.30. The number of fused-ring (bicyclic) bond motifs is 2. The summed E-state index contributed by atoms with van der Waals surface area (Å²) in [5.74, 6) is 1.07. The molecule has 11 heteroatoms. The van der Waals surface area contributed by atoms with E-state index in [1.807, 2.05) is 80.6 Å². The topological polar surface area (TPSA) is 106 Å². The van der Waals surface area contributed by atoms with E-state index < -0.39 is 0 Å². The van der Waals surface area contributed by atoms with Gasteiger partial charge in [-0.05, 0) is 62.9 Å². The first-order chi connectivity index (χ1) is 22.9. The molecule has 3 aromatic carbocycles. The summed E-state index contributed by atoms with van der Waals surface area (Å²) in [6, 6.07) is 22.1. The van der Waals surface area contributed by atoms with Gasteiger partial charge in [0.05, 0.1) is 5.69 Å². The van der Waals surface area contributed by atoms with Gasteiger partial charge in [0.2, 0.25) is 0 Å². The molecule has 0 saturated carbocycles. The van der Waals surface area contributed by atoms with E-state index in [0.717, 1.165) is 47.0 Å². The van der Waals surface area contributed by atoms with Crippen LogP contribution < -0.4 is 15.2 Å². The second-order valence-electron chi connectivity index (χ2n) is 12.4. The number of hydrogen-bond acceptors (Lipinski definition) is 9. The van der Waals surface area contributed by atoms with Crippen LogP contribution in [0, 0.1) is 13.8 Å². The molecule has 2 aromatic heterocycles. The quantitative estimate of drug-likeness (QED) is 0.248. The minimum Gasteiger partial charge on any atom is -0.462 e. The molecule has 11 nitrogen and oxygen atoms in total. The van der Waals surface area contributed by atoms with Crippen LogP contribution in [0.4, 0.5) is 10.6 Å². The Morgan fingerprint density at radius 3 is 2.38 bits per heavy atom. The molecule has 4 heterocycles. The Balaban J connectivity index is 1.23. The SMILES string of the molecule is Cc1cccc2cccc(-n3c(C)nc4c(N5CCN(C(=O)OCc6ccccc6)CC5)nc(OC[C@@H]5CCCN5C)nc4c3=O)c12. The van der Waals surface area contributed by atoms with Crippen LogP contribution >= 0.6 is 0 Å². The van der Waals surface area contributed by atoms with Gasteiger partial charge in [0, 0.05) is 37.6 Å². The number of ether oxygens (including phenoxy) is 2. The Bertz CT molecular complexity index is 1980. The molecule has 0 N–H and O–H groups in total. The maximum atomic E-state index is 14.4. The molecule has 242 valence electrons. The molecule has 5 aromatic rings. The van der Waals surface area contributed by atoms with E-state index in [2.05, 4.69) is 21.8 Å².